The molecule has 0 radical (unpaired) electrons. The first-order valence-corrected chi connectivity index (χ1v) is 11.6. The molecule has 3 aromatic carbocycles. The van der Waals surface area contributed by atoms with Crippen LogP contribution in [0.3, 0.4) is 0 Å². The van der Waals surface area contributed by atoms with E-state index in [1.165, 1.54) is 0 Å². The predicted molar refractivity (Wildman–Crippen MR) is 132 cm³/mol. The molecule has 0 aromatic heterocycles. The van der Waals surface area contributed by atoms with Crippen LogP contribution in [0.5, 0.6) is 11.5 Å². The average Bonchev–Trinajstić information content (AvgIpc) is 2.79. The molecule has 0 spiro atoms. The van der Waals surface area contributed by atoms with Crippen molar-refractivity contribution in [3.05, 3.63) is 87.9 Å². The molecule has 0 bridgehead atoms. The van der Waals surface area contributed by atoms with Crippen molar-refractivity contribution < 1.29 is 9.47 Å². The highest BCUT2D eigenvalue weighted by atomic mass is 35.5. The molecule has 0 saturated carbocycles. The van der Waals surface area contributed by atoms with Gasteiger partial charge in [0, 0.05) is 18.1 Å². The molecule has 0 aliphatic carbocycles. The van der Waals surface area contributed by atoms with Crippen molar-refractivity contribution in [2.45, 2.75) is 13.1 Å². The van der Waals surface area contributed by atoms with E-state index < -0.39 is 0 Å². The molecule has 0 unspecified atom stereocenters. The smallest absolute Gasteiger partial charge is 0.164 e. The number of rotatable bonds is 7. The van der Waals surface area contributed by atoms with Crippen molar-refractivity contribution >= 4 is 45.8 Å². The molecule has 0 N–H and O–H groups in total. The van der Waals surface area contributed by atoms with Gasteiger partial charge in [-0.3, -0.25) is 0 Å². The van der Waals surface area contributed by atoms with Gasteiger partial charge in [-0.15, -0.1) is 0 Å². The van der Waals surface area contributed by atoms with Crippen molar-refractivity contribution in [2.24, 2.45) is 4.99 Å². The van der Waals surface area contributed by atoms with Crippen molar-refractivity contribution in [1.82, 2.24) is 4.90 Å². The topological polar surface area (TPSA) is 34.1 Å². The summed E-state index contributed by atoms with van der Waals surface area (Å²) < 4.78 is 10.6. The van der Waals surface area contributed by atoms with Crippen molar-refractivity contribution in [3.8, 4) is 11.5 Å². The summed E-state index contributed by atoms with van der Waals surface area (Å²) in [6.45, 7) is 1.36. The third kappa shape index (κ3) is 6.57. The lowest BCUT2D eigenvalue weighted by molar-refractivity contribution is 0.405. The van der Waals surface area contributed by atoms with Gasteiger partial charge >= 0.3 is 0 Å². The quantitative estimate of drug-likeness (QED) is 0.271. The van der Waals surface area contributed by atoms with Crippen LogP contribution in [0.1, 0.15) is 11.1 Å². The lowest BCUT2D eigenvalue weighted by Crippen LogP contribution is -2.27. The molecule has 0 atom stereocenters. The summed E-state index contributed by atoms with van der Waals surface area (Å²) in [5.41, 5.74) is 2.99. The van der Waals surface area contributed by atoms with E-state index in [0.717, 1.165) is 27.8 Å². The number of methoxy groups -OCH3 is 2. The Bertz CT molecular complexity index is 975. The van der Waals surface area contributed by atoms with Crippen LogP contribution in [0.2, 0.25) is 10.0 Å². The molecule has 162 valence electrons. The first kappa shape index (κ1) is 23.3. The number of hydrogen-bond donors (Lipinski definition) is 0. The van der Waals surface area contributed by atoms with Gasteiger partial charge in [-0.2, -0.15) is 0 Å². The lowest BCUT2D eigenvalue weighted by Gasteiger charge is -2.26. The zero-order chi connectivity index (χ0) is 22.2. The number of hydrogen-bond acceptors (Lipinski definition) is 4. The Kier molecular flexibility index (Phi) is 8.52. The largest absolute Gasteiger partial charge is 0.497 e. The van der Waals surface area contributed by atoms with Crippen LogP contribution in [-0.4, -0.2) is 30.5 Å². The van der Waals surface area contributed by atoms with Crippen LogP contribution in [0.15, 0.2) is 71.7 Å². The fourth-order valence-corrected chi connectivity index (χ4v) is 4.04. The number of benzene rings is 3. The number of ether oxygens (including phenoxy) is 2. The summed E-state index contributed by atoms with van der Waals surface area (Å²) in [6.07, 6.45) is 2.01. The van der Waals surface area contributed by atoms with Gasteiger partial charge in [-0.25, -0.2) is 4.99 Å². The van der Waals surface area contributed by atoms with E-state index >= 15 is 0 Å². The molecule has 0 aliphatic heterocycles. The molecule has 0 fully saturated rings. The predicted octanol–water partition coefficient (Wildman–Crippen LogP) is 7.06. The van der Waals surface area contributed by atoms with E-state index in [4.69, 9.17) is 37.7 Å². The van der Waals surface area contributed by atoms with E-state index in [9.17, 15) is 0 Å². The molecule has 7 heteroatoms. The Balaban J connectivity index is 1.93. The Hall–Kier alpha value is -2.34. The molecule has 0 heterocycles. The molecule has 4 nitrogen and oxygen atoms in total. The molecule has 0 amide bonds. The minimum Gasteiger partial charge on any atom is -0.497 e. The average molecular weight is 475 g/mol. The van der Waals surface area contributed by atoms with Crippen LogP contribution in [0.25, 0.3) is 0 Å². The van der Waals surface area contributed by atoms with Gasteiger partial charge in [0.25, 0.3) is 0 Å². The minimum atomic E-state index is 0.521. The first-order chi connectivity index (χ1) is 15.0. The molecule has 0 aliphatic rings. The van der Waals surface area contributed by atoms with Gasteiger partial charge in [0.15, 0.2) is 5.17 Å². The molecule has 31 heavy (non-hydrogen) atoms. The number of nitrogens with zero attached hydrogens (tertiary/aromatic N) is 2. The van der Waals surface area contributed by atoms with Crippen LogP contribution in [0, 0.1) is 0 Å². The molecule has 3 aromatic rings. The molecule has 3 rings (SSSR count). The van der Waals surface area contributed by atoms with Crippen molar-refractivity contribution in [3.63, 3.8) is 0 Å². The normalized spacial score (nSPS) is 11.3. The summed E-state index contributed by atoms with van der Waals surface area (Å²) in [7, 11) is 3.33. The highest BCUT2D eigenvalue weighted by molar-refractivity contribution is 8.13. The number of aliphatic imine (C=N–C) groups is 1. The summed E-state index contributed by atoms with van der Waals surface area (Å²) >= 11 is 14.0. The van der Waals surface area contributed by atoms with Crippen molar-refractivity contribution in [2.75, 3.05) is 20.5 Å². The second-order valence-corrected chi connectivity index (χ2v) is 8.36. The van der Waals surface area contributed by atoms with E-state index in [-0.39, 0.29) is 0 Å². The maximum absolute atomic E-state index is 6.38. The Morgan fingerprint density at radius 2 is 1.35 bits per heavy atom. The molecular weight excluding hydrogens is 451 g/mol. The standard InChI is InChI=1S/C24H24Cl2N2O2S/c1-29-20-9-4-17(5-10-20)15-28(16-18-6-11-21(30-2)12-7-18)24(31-3)27-23-13-8-19(25)14-22(23)26/h4-14H,15-16H2,1-3H3. The number of amidine groups is 1. The maximum atomic E-state index is 6.38. The van der Waals surface area contributed by atoms with Gasteiger partial charge in [0.05, 0.1) is 24.9 Å². The Morgan fingerprint density at radius 1 is 0.839 bits per heavy atom. The van der Waals surface area contributed by atoms with Gasteiger partial charge in [-0.1, -0.05) is 59.2 Å². The lowest BCUT2D eigenvalue weighted by atomic mass is 10.1. The van der Waals surface area contributed by atoms with E-state index in [0.29, 0.717) is 28.8 Å². The minimum absolute atomic E-state index is 0.521. The van der Waals surface area contributed by atoms with Gasteiger partial charge in [-0.05, 0) is 59.8 Å². The summed E-state index contributed by atoms with van der Waals surface area (Å²) in [5.74, 6) is 1.66. The van der Waals surface area contributed by atoms with Crippen LogP contribution in [-0.2, 0) is 13.1 Å². The molecule has 0 saturated heterocycles. The van der Waals surface area contributed by atoms with Crippen LogP contribution < -0.4 is 9.47 Å². The summed E-state index contributed by atoms with van der Waals surface area (Å²) in [4.78, 5) is 7.06. The van der Waals surface area contributed by atoms with E-state index in [1.54, 1.807) is 38.1 Å². The highest BCUT2D eigenvalue weighted by Gasteiger charge is 2.14. The summed E-state index contributed by atoms with van der Waals surface area (Å²) in [6, 6.07) is 21.4. The number of thioether (sulfide) groups is 1. The van der Waals surface area contributed by atoms with Gasteiger partial charge in [0.2, 0.25) is 0 Å². The highest BCUT2D eigenvalue weighted by Crippen LogP contribution is 2.30. The molecular formula is C24H24Cl2N2O2S. The second-order valence-electron chi connectivity index (χ2n) is 6.75. The third-order valence-corrected chi connectivity index (χ3v) is 5.90. The monoisotopic (exact) mass is 474 g/mol. The van der Waals surface area contributed by atoms with Crippen molar-refractivity contribution in [1.29, 1.82) is 0 Å². The van der Waals surface area contributed by atoms with Gasteiger partial charge in [0.1, 0.15) is 11.5 Å². The van der Waals surface area contributed by atoms with E-state index in [2.05, 4.69) is 29.2 Å². The summed E-state index contributed by atoms with van der Waals surface area (Å²) in [5, 5.41) is 1.96. The zero-order valence-electron chi connectivity index (χ0n) is 17.6. The zero-order valence-corrected chi connectivity index (χ0v) is 20.0. The fourth-order valence-electron chi connectivity index (χ4n) is 3.01. The van der Waals surface area contributed by atoms with Crippen LogP contribution >= 0.6 is 35.0 Å². The maximum Gasteiger partial charge on any atom is 0.164 e. The van der Waals surface area contributed by atoms with E-state index in [1.807, 2.05) is 36.6 Å². The Morgan fingerprint density at radius 3 is 1.77 bits per heavy atom. The second kappa shape index (κ2) is 11.3. The number of halogens is 2. The Labute approximate surface area is 197 Å². The fraction of sp³-hybridized carbons (Fsp3) is 0.208. The van der Waals surface area contributed by atoms with Crippen LogP contribution in [0.4, 0.5) is 5.69 Å². The third-order valence-electron chi connectivity index (χ3n) is 4.64. The van der Waals surface area contributed by atoms with Gasteiger partial charge < -0.3 is 14.4 Å². The SMILES string of the molecule is COc1ccc(CN(Cc2ccc(OC)cc2)C(=Nc2ccc(Cl)cc2Cl)SC)cc1. The first-order valence-electron chi connectivity index (χ1n) is 9.61.